The van der Waals surface area contributed by atoms with Crippen molar-refractivity contribution in [2.75, 3.05) is 25.1 Å². The van der Waals surface area contributed by atoms with Gasteiger partial charge in [0, 0.05) is 30.7 Å². The fourth-order valence-corrected chi connectivity index (χ4v) is 3.07. The van der Waals surface area contributed by atoms with E-state index in [9.17, 15) is 4.79 Å². The molecule has 21 heavy (non-hydrogen) atoms. The van der Waals surface area contributed by atoms with Gasteiger partial charge < -0.3 is 15.0 Å². The van der Waals surface area contributed by atoms with E-state index in [1.165, 1.54) is 5.69 Å². The average molecular weight is 288 g/mol. The van der Waals surface area contributed by atoms with Gasteiger partial charge in [-0.3, -0.25) is 4.79 Å². The lowest BCUT2D eigenvalue weighted by atomic mass is 10.0. The number of benzene rings is 1. The molecule has 1 aromatic rings. The van der Waals surface area contributed by atoms with Crippen LogP contribution >= 0.6 is 0 Å². The molecule has 1 amide bonds. The highest BCUT2D eigenvalue weighted by Crippen LogP contribution is 2.38. The van der Waals surface area contributed by atoms with Gasteiger partial charge in [0.1, 0.15) is 5.75 Å². The molecule has 2 atom stereocenters. The van der Waals surface area contributed by atoms with E-state index in [0.29, 0.717) is 12.0 Å². The molecule has 1 saturated carbocycles. The van der Waals surface area contributed by atoms with Crippen molar-refractivity contribution >= 4 is 11.6 Å². The van der Waals surface area contributed by atoms with E-state index >= 15 is 0 Å². The summed E-state index contributed by atoms with van der Waals surface area (Å²) in [7, 11) is 1.68. The zero-order valence-corrected chi connectivity index (χ0v) is 12.8. The number of piperidine rings is 1. The lowest BCUT2D eigenvalue weighted by molar-refractivity contribution is -0.123. The molecule has 1 aliphatic heterocycles. The number of nitrogens with one attached hydrogen (secondary N) is 1. The van der Waals surface area contributed by atoms with Gasteiger partial charge >= 0.3 is 0 Å². The number of nitrogens with zero attached hydrogens (tertiary/aromatic N) is 1. The second-order valence-corrected chi connectivity index (χ2v) is 6.29. The summed E-state index contributed by atoms with van der Waals surface area (Å²) in [5.41, 5.74) is 1.23. The summed E-state index contributed by atoms with van der Waals surface area (Å²) in [6.07, 6.45) is 3.12. The smallest absolute Gasteiger partial charge is 0.223 e. The summed E-state index contributed by atoms with van der Waals surface area (Å²) in [6, 6.07) is 8.54. The Kier molecular flexibility index (Phi) is 4.04. The van der Waals surface area contributed by atoms with Crippen LogP contribution < -0.4 is 15.0 Å². The van der Waals surface area contributed by atoms with E-state index in [4.69, 9.17) is 4.74 Å². The Morgan fingerprint density at radius 1 is 1.24 bits per heavy atom. The van der Waals surface area contributed by atoms with Gasteiger partial charge in [0.05, 0.1) is 7.11 Å². The lowest BCUT2D eigenvalue weighted by Gasteiger charge is -2.34. The molecule has 2 fully saturated rings. The first-order valence-electron chi connectivity index (χ1n) is 7.86. The van der Waals surface area contributed by atoms with Gasteiger partial charge in [0.15, 0.2) is 0 Å². The number of hydrogen-bond donors (Lipinski definition) is 1. The standard InChI is InChI=1S/C17H24N2O2/c1-12-11-16(12)17(20)18-13-7-9-19(10-8-13)14-3-5-15(21-2)6-4-14/h3-6,12-13,16H,7-11H2,1-2H3,(H,18,20)/t12-,16-/m0/s1. The highest BCUT2D eigenvalue weighted by Gasteiger charge is 2.39. The first-order chi connectivity index (χ1) is 10.2. The molecule has 0 unspecified atom stereocenters. The summed E-state index contributed by atoms with van der Waals surface area (Å²) < 4.78 is 5.19. The number of ether oxygens (including phenoxy) is 1. The molecule has 114 valence electrons. The van der Waals surface area contributed by atoms with Crippen molar-refractivity contribution in [3.63, 3.8) is 0 Å². The zero-order valence-electron chi connectivity index (χ0n) is 12.8. The number of hydrogen-bond acceptors (Lipinski definition) is 3. The molecule has 0 aromatic heterocycles. The molecule has 0 spiro atoms. The van der Waals surface area contributed by atoms with Crippen molar-refractivity contribution in [2.24, 2.45) is 11.8 Å². The van der Waals surface area contributed by atoms with Crippen LogP contribution in [0.15, 0.2) is 24.3 Å². The van der Waals surface area contributed by atoms with E-state index in [0.717, 1.165) is 38.1 Å². The number of rotatable bonds is 4. The Labute approximate surface area is 126 Å². The SMILES string of the molecule is COc1ccc(N2CCC(NC(=O)[C@H]3C[C@@H]3C)CC2)cc1. The number of anilines is 1. The van der Waals surface area contributed by atoms with Crippen molar-refractivity contribution in [1.82, 2.24) is 5.32 Å². The van der Waals surface area contributed by atoms with Crippen molar-refractivity contribution in [2.45, 2.75) is 32.2 Å². The molecule has 3 rings (SSSR count). The minimum atomic E-state index is 0.269. The van der Waals surface area contributed by atoms with Crippen LogP contribution in [0.3, 0.4) is 0 Å². The third-order valence-electron chi connectivity index (χ3n) is 4.73. The second kappa shape index (κ2) is 5.96. The Morgan fingerprint density at radius 2 is 1.86 bits per heavy atom. The van der Waals surface area contributed by atoms with Crippen LogP contribution in [0.5, 0.6) is 5.75 Å². The monoisotopic (exact) mass is 288 g/mol. The molecule has 0 radical (unpaired) electrons. The summed E-state index contributed by atoms with van der Waals surface area (Å²) in [5, 5.41) is 3.22. The molecular weight excluding hydrogens is 264 g/mol. The topological polar surface area (TPSA) is 41.6 Å². The molecule has 1 saturated heterocycles. The summed E-state index contributed by atoms with van der Waals surface area (Å²) in [4.78, 5) is 14.3. The highest BCUT2D eigenvalue weighted by atomic mass is 16.5. The number of carbonyl (C=O) groups is 1. The van der Waals surface area contributed by atoms with Gasteiger partial charge in [-0.1, -0.05) is 6.92 Å². The second-order valence-electron chi connectivity index (χ2n) is 6.29. The molecule has 1 heterocycles. The molecule has 0 bridgehead atoms. The average Bonchev–Trinajstić information content (AvgIpc) is 3.25. The molecule has 1 aromatic carbocycles. The zero-order chi connectivity index (χ0) is 14.8. The molecule has 4 heteroatoms. The largest absolute Gasteiger partial charge is 0.497 e. The maximum absolute atomic E-state index is 12.0. The van der Waals surface area contributed by atoms with Crippen molar-refractivity contribution in [3.05, 3.63) is 24.3 Å². The summed E-state index contributed by atoms with van der Waals surface area (Å²) in [5.74, 6) is 2.03. The quantitative estimate of drug-likeness (QED) is 0.925. The van der Waals surface area contributed by atoms with E-state index < -0.39 is 0 Å². The van der Waals surface area contributed by atoms with E-state index in [1.807, 2.05) is 12.1 Å². The van der Waals surface area contributed by atoms with Gasteiger partial charge in [-0.2, -0.15) is 0 Å². The van der Waals surface area contributed by atoms with Gasteiger partial charge in [-0.25, -0.2) is 0 Å². The predicted molar refractivity (Wildman–Crippen MR) is 83.6 cm³/mol. The van der Waals surface area contributed by atoms with E-state index in [2.05, 4.69) is 29.3 Å². The predicted octanol–water partition coefficient (Wildman–Crippen LogP) is 2.44. The van der Waals surface area contributed by atoms with E-state index in [-0.39, 0.29) is 11.8 Å². The molecule has 2 aliphatic rings. The maximum Gasteiger partial charge on any atom is 0.223 e. The van der Waals surface area contributed by atoms with Gasteiger partial charge in [-0.15, -0.1) is 0 Å². The summed E-state index contributed by atoms with van der Waals surface area (Å²) >= 11 is 0. The normalized spacial score (nSPS) is 25.5. The van der Waals surface area contributed by atoms with E-state index in [1.54, 1.807) is 7.11 Å². The van der Waals surface area contributed by atoms with Crippen LogP contribution in [-0.4, -0.2) is 32.1 Å². The Morgan fingerprint density at radius 3 is 2.38 bits per heavy atom. The van der Waals surface area contributed by atoms with Crippen molar-refractivity contribution in [1.29, 1.82) is 0 Å². The minimum Gasteiger partial charge on any atom is -0.497 e. The maximum atomic E-state index is 12.0. The number of amides is 1. The number of carbonyl (C=O) groups excluding carboxylic acids is 1. The van der Waals surface area contributed by atoms with Gasteiger partial charge in [0.2, 0.25) is 5.91 Å². The van der Waals surface area contributed by atoms with Gasteiger partial charge in [0.25, 0.3) is 0 Å². The molecule has 4 nitrogen and oxygen atoms in total. The van der Waals surface area contributed by atoms with Gasteiger partial charge in [-0.05, 0) is 49.4 Å². The fraction of sp³-hybridized carbons (Fsp3) is 0.588. The first-order valence-corrected chi connectivity index (χ1v) is 7.86. The third-order valence-corrected chi connectivity index (χ3v) is 4.73. The highest BCUT2D eigenvalue weighted by molar-refractivity contribution is 5.81. The minimum absolute atomic E-state index is 0.269. The van der Waals surface area contributed by atoms with Crippen molar-refractivity contribution in [3.8, 4) is 5.75 Å². The van der Waals surface area contributed by atoms with Crippen LogP contribution in [-0.2, 0) is 4.79 Å². The first kappa shape index (κ1) is 14.2. The van der Waals surface area contributed by atoms with Crippen LogP contribution in [0.1, 0.15) is 26.2 Å². The molecule has 1 aliphatic carbocycles. The van der Waals surface area contributed by atoms with Crippen LogP contribution in [0, 0.1) is 11.8 Å². The lowest BCUT2D eigenvalue weighted by Crippen LogP contribution is -2.45. The Bertz CT molecular complexity index is 492. The summed E-state index contributed by atoms with van der Waals surface area (Å²) in [6.45, 7) is 4.14. The van der Waals surface area contributed by atoms with Crippen molar-refractivity contribution < 1.29 is 9.53 Å². The Balaban J connectivity index is 1.49. The van der Waals surface area contributed by atoms with Crippen LogP contribution in [0.4, 0.5) is 5.69 Å². The molecular formula is C17H24N2O2. The third kappa shape index (κ3) is 3.31. The fourth-order valence-electron chi connectivity index (χ4n) is 3.07. The van der Waals surface area contributed by atoms with Crippen LogP contribution in [0.2, 0.25) is 0 Å². The van der Waals surface area contributed by atoms with Crippen LogP contribution in [0.25, 0.3) is 0 Å². The molecule has 1 N–H and O–H groups in total. The number of methoxy groups -OCH3 is 1. The Hall–Kier alpha value is -1.71.